The Morgan fingerprint density at radius 3 is 2.38 bits per heavy atom. The molecule has 0 radical (unpaired) electrons. The number of ether oxygens (including phenoxy) is 1. The third kappa shape index (κ3) is 6.71. The van der Waals surface area contributed by atoms with E-state index in [1.165, 1.54) is 22.5 Å². The van der Waals surface area contributed by atoms with Crippen LogP contribution in [-0.2, 0) is 20.6 Å². The van der Waals surface area contributed by atoms with Crippen molar-refractivity contribution in [2.45, 2.75) is 44.9 Å². The average Bonchev–Trinajstić information content (AvgIpc) is 2.81. The number of benzene rings is 2. The zero-order valence-corrected chi connectivity index (χ0v) is 21.3. The number of piperidine rings is 1. The number of carbonyl (C=O) groups is 1. The number of carbonyl (C=O) groups excluding carboxylic acids is 1. The van der Waals surface area contributed by atoms with Gasteiger partial charge in [-0.2, -0.15) is 0 Å². The number of nitrogens with one attached hydrogen (secondary N) is 1. The quantitative estimate of drug-likeness (QED) is 0.519. The van der Waals surface area contributed by atoms with Crippen molar-refractivity contribution in [3.8, 4) is 5.75 Å². The maximum absolute atomic E-state index is 14.1. The Labute approximate surface area is 206 Å². The van der Waals surface area contributed by atoms with Gasteiger partial charge >= 0.3 is 0 Å². The van der Waals surface area contributed by atoms with Gasteiger partial charge in [0.2, 0.25) is 15.9 Å². The van der Waals surface area contributed by atoms with Gasteiger partial charge < -0.3 is 10.1 Å². The Kier molecular flexibility index (Phi) is 8.95. The smallest absolute Gasteiger partial charge is 0.223 e. The number of halogens is 2. The Bertz CT molecular complexity index is 1060. The molecule has 9 heteroatoms. The van der Waals surface area contributed by atoms with Gasteiger partial charge in [0, 0.05) is 29.6 Å². The first-order valence-electron chi connectivity index (χ1n) is 11.5. The first-order chi connectivity index (χ1) is 16.1. The summed E-state index contributed by atoms with van der Waals surface area (Å²) >= 11 is 6.01. The van der Waals surface area contributed by atoms with E-state index in [4.69, 9.17) is 16.3 Å². The van der Waals surface area contributed by atoms with Gasteiger partial charge in [-0.1, -0.05) is 43.6 Å². The number of methoxy groups -OCH3 is 1. The average molecular weight is 511 g/mol. The molecule has 34 heavy (non-hydrogen) atoms. The lowest BCUT2D eigenvalue weighted by molar-refractivity contribution is -0.127. The Hall–Kier alpha value is -2.16. The molecule has 6 nitrogen and oxygen atoms in total. The van der Waals surface area contributed by atoms with E-state index in [0.717, 1.165) is 17.7 Å². The van der Waals surface area contributed by atoms with Crippen LogP contribution < -0.4 is 10.1 Å². The third-order valence-electron chi connectivity index (χ3n) is 6.15. The van der Waals surface area contributed by atoms with Crippen molar-refractivity contribution in [3.05, 3.63) is 64.4 Å². The zero-order chi connectivity index (χ0) is 24.9. The highest BCUT2D eigenvalue weighted by atomic mass is 35.5. The standard InChI is InChI=1S/C25H32ClFN2O4S/c1-17(2)15-24(18-7-9-20(33-3)10-8-18)28-25(30)19-11-13-29(14-12-19)34(31,32)16-21-22(26)5-4-6-23(21)27/h4-10,17,19,24H,11-16H2,1-3H3,(H,28,30). The summed E-state index contributed by atoms with van der Waals surface area (Å²) in [6, 6.07) is 11.6. The van der Waals surface area contributed by atoms with Gasteiger partial charge in [0.1, 0.15) is 11.6 Å². The number of nitrogens with zero attached hydrogens (tertiary/aromatic N) is 1. The molecule has 1 aliphatic heterocycles. The lowest BCUT2D eigenvalue weighted by Crippen LogP contribution is -2.44. The summed E-state index contributed by atoms with van der Waals surface area (Å²) in [5.41, 5.74) is 0.977. The highest BCUT2D eigenvalue weighted by Gasteiger charge is 2.33. The first kappa shape index (κ1) is 26.4. The highest BCUT2D eigenvalue weighted by molar-refractivity contribution is 7.88. The van der Waals surface area contributed by atoms with Gasteiger partial charge in [0.25, 0.3) is 0 Å². The van der Waals surface area contributed by atoms with Crippen LogP contribution in [-0.4, -0.2) is 38.8 Å². The third-order valence-corrected chi connectivity index (χ3v) is 8.31. The molecule has 1 fully saturated rings. The van der Waals surface area contributed by atoms with Gasteiger partial charge in [-0.25, -0.2) is 17.1 Å². The summed E-state index contributed by atoms with van der Waals surface area (Å²) in [5.74, 6) is -0.357. The number of rotatable bonds is 9. The molecule has 0 saturated carbocycles. The monoisotopic (exact) mass is 510 g/mol. The molecule has 0 bridgehead atoms. The van der Waals surface area contributed by atoms with Gasteiger partial charge in [-0.3, -0.25) is 4.79 Å². The predicted octanol–water partition coefficient (Wildman–Crippen LogP) is 4.93. The van der Waals surface area contributed by atoms with Crippen LogP contribution in [0.15, 0.2) is 42.5 Å². The summed E-state index contributed by atoms with van der Waals surface area (Å²) in [6.07, 6.45) is 1.61. The zero-order valence-electron chi connectivity index (χ0n) is 19.8. The molecule has 0 aromatic heterocycles. The van der Waals surface area contributed by atoms with Gasteiger partial charge in [-0.15, -0.1) is 0 Å². The molecule has 2 aromatic carbocycles. The second-order valence-corrected chi connectivity index (χ2v) is 11.5. The first-order valence-corrected chi connectivity index (χ1v) is 13.4. The summed E-state index contributed by atoms with van der Waals surface area (Å²) in [5, 5.41) is 3.26. The van der Waals surface area contributed by atoms with Crippen LogP contribution in [0, 0.1) is 17.7 Å². The molecule has 1 atom stereocenters. The van der Waals surface area contributed by atoms with Crippen molar-refractivity contribution in [2.24, 2.45) is 11.8 Å². The van der Waals surface area contributed by atoms with E-state index in [-0.39, 0.29) is 41.5 Å². The minimum atomic E-state index is -3.75. The Balaban J connectivity index is 1.62. The number of hydrogen-bond acceptors (Lipinski definition) is 4. The summed E-state index contributed by atoms with van der Waals surface area (Å²) in [6.45, 7) is 4.63. The number of amides is 1. The fraction of sp³-hybridized carbons (Fsp3) is 0.480. The molecule has 2 aromatic rings. The predicted molar refractivity (Wildman–Crippen MR) is 132 cm³/mol. The Morgan fingerprint density at radius 1 is 1.18 bits per heavy atom. The lowest BCUT2D eigenvalue weighted by Gasteiger charge is -2.32. The fourth-order valence-electron chi connectivity index (χ4n) is 4.22. The minimum absolute atomic E-state index is 0.0277. The Morgan fingerprint density at radius 2 is 1.82 bits per heavy atom. The molecule has 1 unspecified atom stereocenters. The molecular weight excluding hydrogens is 479 g/mol. The van der Waals surface area contributed by atoms with Crippen LogP contribution in [0.2, 0.25) is 5.02 Å². The topological polar surface area (TPSA) is 75.7 Å². The van der Waals surface area contributed by atoms with Crippen LogP contribution in [0.1, 0.15) is 50.3 Å². The summed E-state index contributed by atoms with van der Waals surface area (Å²) in [7, 11) is -2.14. The molecule has 3 rings (SSSR count). The summed E-state index contributed by atoms with van der Waals surface area (Å²) in [4.78, 5) is 13.1. The molecule has 0 spiro atoms. The van der Waals surface area contributed by atoms with E-state index in [1.54, 1.807) is 7.11 Å². The fourth-order valence-corrected chi connectivity index (χ4v) is 6.13. The second kappa shape index (κ2) is 11.5. The maximum atomic E-state index is 14.1. The largest absolute Gasteiger partial charge is 0.497 e. The van der Waals surface area contributed by atoms with Crippen molar-refractivity contribution in [1.82, 2.24) is 9.62 Å². The van der Waals surface area contributed by atoms with Gasteiger partial charge in [0.05, 0.1) is 18.9 Å². The van der Waals surface area contributed by atoms with Crippen LogP contribution in [0.3, 0.4) is 0 Å². The maximum Gasteiger partial charge on any atom is 0.223 e. The van der Waals surface area contributed by atoms with Gasteiger partial charge in [0.15, 0.2) is 0 Å². The molecule has 1 amide bonds. The highest BCUT2D eigenvalue weighted by Crippen LogP contribution is 2.28. The number of sulfonamides is 1. The summed E-state index contributed by atoms with van der Waals surface area (Å²) < 4.78 is 46.4. The molecule has 1 heterocycles. The van der Waals surface area contributed by atoms with E-state index in [1.807, 2.05) is 24.3 Å². The van der Waals surface area contributed by atoms with Crippen LogP contribution in [0.25, 0.3) is 0 Å². The van der Waals surface area contributed by atoms with Crippen molar-refractivity contribution in [3.63, 3.8) is 0 Å². The SMILES string of the molecule is COc1ccc(C(CC(C)C)NC(=O)C2CCN(S(=O)(=O)Cc3c(F)cccc3Cl)CC2)cc1. The van der Waals surface area contributed by atoms with E-state index in [0.29, 0.717) is 18.8 Å². The normalized spacial score (nSPS) is 16.4. The van der Waals surface area contributed by atoms with E-state index < -0.39 is 21.6 Å². The lowest BCUT2D eigenvalue weighted by atomic mass is 9.93. The van der Waals surface area contributed by atoms with E-state index >= 15 is 0 Å². The van der Waals surface area contributed by atoms with Crippen LogP contribution in [0.5, 0.6) is 5.75 Å². The minimum Gasteiger partial charge on any atom is -0.497 e. The van der Waals surface area contributed by atoms with Crippen LogP contribution in [0.4, 0.5) is 4.39 Å². The van der Waals surface area contributed by atoms with Crippen LogP contribution >= 0.6 is 11.6 Å². The molecule has 1 aliphatic rings. The van der Waals surface area contributed by atoms with Crippen molar-refractivity contribution in [2.75, 3.05) is 20.2 Å². The molecular formula is C25H32ClFN2O4S. The second-order valence-electron chi connectivity index (χ2n) is 9.09. The van der Waals surface area contributed by atoms with E-state index in [2.05, 4.69) is 19.2 Å². The molecule has 186 valence electrons. The molecule has 1 N–H and O–H groups in total. The molecule has 0 aliphatic carbocycles. The van der Waals surface area contributed by atoms with Crippen molar-refractivity contribution >= 4 is 27.5 Å². The van der Waals surface area contributed by atoms with Gasteiger partial charge in [-0.05, 0) is 55.0 Å². The van der Waals surface area contributed by atoms with Crippen molar-refractivity contribution < 1.29 is 22.3 Å². The van der Waals surface area contributed by atoms with E-state index in [9.17, 15) is 17.6 Å². The van der Waals surface area contributed by atoms with Crippen molar-refractivity contribution in [1.29, 1.82) is 0 Å². The number of hydrogen-bond donors (Lipinski definition) is 1. The molecule has 1 saturated heterocycles.